The minimum absolute atomic E-state index is 0.529. The van der Waals surface area contributed by atoms with Crippen LogP contribution in [0.3, 0.4) is 0 Å². The van der Waals surface area contributed by atoms with Gasteiger partial charge in [0.05, 0.1) is 6.61 Å². The maximum atomic E-state index is 6.37. The number of rotatable bonds is 9. The topological polar surface area (TPSA) is 24.5 Å². The second kappa shape index (κ2) is 9.22. The quantitative estimate of drug-likeness (QED) is 0.704. The Hall–Kier alpha value is -0.770. The molecule has 0 radical (unpaired) electrons. The molecule has 0 bridgehead atoms. The van der Waals surface area contributed by atoms with E-state index in [1.54, 1.807) is 7.11 Å². The lowest BCUT2D eigenvalue weighted by atomic mass is 10.1. The number of benzene rings is 1. The Morgan fingerprint density at radius 2 is 2.15 bits per heavy atom. The average Bonchev–Trinajstić information content (AvgIpc) is 2.44. The predicted molar refractivity (Wildman–Crippen MR) is 87.8 cm³/mol. The van der Waals surface area contributed by atoms with E-state index in [2.05, 4.69) is 49.3 Å². The molecule has 0 heterocycles. The van der Waals surface area contributed by atoms with Crippen LogP contribution in [0.5, 0.6) is 0 Å². The van der Waals surface area contributed by atoms with Gasteiger partial charge in [-0.1, -0.05) is 31.0 Å². The maximum Gasteiger partial charge on any atom is 0.0587 e. The molecule has 0 spiro atoms. The molecule has 0 aliphatic heterocycles. The highest BCUT2D eigenvalue weighted by Gasteiger charge is 2.10. The fraction of sp³-hybridized carbons (Fsp3) is 0.625. The summed E-state index contributed by atoms with van der Waals surface area (Å²) in [6, 6.07) is 6.83. The van der Waals surface area contributed by atoms with E-state index < -0.39 is 0 Å². The van der Waals surface area contributed by atoms with Gasteiger partial charge in [-0.05, 0) is 31.0 Å². The molecule has 1 aromatic carbocycles. The SMILES string of the molecule is CCCC(C)N(C)c1ccc(CNCCOC)c(Cl)c1. The predicted octanol–water partition coefficient (Wildman–Crippen LogP) is 3.70. The van der Waals surface area contributed by atoms with Crippen molar-refractivity contribution in [1.82, 2.24) is 5.32 Å². The van der Waals surface area contributed by atoms with Crippen molar-refractivity contribution in [3.63, 3.8) is 0 Å². The summed E-state index contributed by atoms with van der Waals surface area (Å²) >= 11 is 6.37. The molecule has 0 saturated carbocycles. The molecule has 0 amide bonds. The van der Waals surface area contributed by atoms with Gasteiger partial charge in [-0.2, -0.15) is 0 Å². The third-order valence-corrected chi connectivity index (χ3v) is 3.96. The number of ether oxygens (including phenoxy) is 1. The first-order valence-corrected chi connectivity index (χ1v) is 7.68. The summed E-state index contributed by atoms with van der Waals surface area (Å²) in [4.78, 5) is 2.29. The molecule has 1 unspecified atom stereocenters. The minimum Gasteiger partial charge on any atom is -0.383 e. The third kappa shape index (κ3) is 5.31. The van der Waals surface area contributed by atoms with Crippen LogP contribution in [0.1, 0.15) is 32.3 Å². The molecular formula is C16H27ClN2O. The first-order valence-electron chi connectivity index (χ1n) is 7.31. The van der Waals surface area contributed by atoms with Crippen molar-refractivity contribution >= 4 is 17.3 Å². The zero-order chi connectivity index (χ0) is 15.0. The van der Waals surface area contributed by atoms with Crippen molar-refractivity contribution in [3.8, 4) is 0 Å². The first kappa shape index (κ1) is 17.3. The number of halogens is 1. The third-order valence-electron chi connectivity index (χ3n) is 3.61. The lowest BCUT2D eigenvalue weighted by molar-refractivity contribution is 0.199. The normalized spacial score (nSPS) is 12.4. The number of hydrogen-bond donors (Lipinski definition) is 1. The van der Waals surface area contributed by atoms with Gasteiger partial charge in [0.25, 0.3) is 0 Å². The molecule has 4 heteroatoms. The molecule has 114 valence electrons. The zero-order valence-electron chi connectivity index (χ0n) is 13.1. The Morgan fingerprint density at radius 3 is 2.75 bits per heavy atom. The minimum atomic E-state index is 0.529. The maximum absolute atomic E-state index is 6.37. The summed E-state index contributed by atoms with van der Waals surface area (Å²) in [5, 5.41) is 4.13. The number of hydrogen-bond acceptors (Lipinski definition) is 3. The molecule has 1 atom stereocenters. The van der Waals surface area contributed by atoms with Crippen LogP contribution in [-0.4, -0.2) is 33.4 Å². The van der Waals surface area contributed by atoms with Crippen LogP contribution in [0, 0.1) is 0 Å². The van der Waals surface area contributed by atoms with Crippen molar-refractivity contribution in [2.24, 2.45) is 0 Å². The van der Waals surface area contributed by atoms with Crippen molar-refractivity contribution < 1.29 is 4.74 Å². The molecule has 1 aromatic rings. The van der Waals surface area contributed by atoms with E-state index in [0.717, 1.165) is 23.7 Å². The largest absolute Gasteiger partial charge is 0.383 e. The summed E-state index contributed by atoms with van der Waals surface area (Å²) in [6.45, 7) is 6.79. The lowest BCUT2D eigenvalue weighted by Gasteiger charge is -2.27. The molecular weight excluding hydrogens is 272 g/mol. The van der Waals surface area contributed by atoms with Crippen LogP contribution in [0.4, 0.5) is 5.69 Å². The van der Waals surface area contributed by atoms with Crippen LogP contribution in [-0.2, 0) is 11.3 Å². The molecule has 3 nitrogen and oxygen atoms in total. The standard InChI is InChI=1S/C16H27ClN2O/c1-5-6-13(2)19(3)15-8-7-14(16(17)11-15)12-18-9-10-20-4/h7-8,11,13,18H,5-6,9-10,12H2,1-4H3. The molecule has 0 aliphatic rings. The summed E-state index contributed by atoms with van der Waals surface area (Å²) in [5.74, 6) is 0. The molecule has 1 rings (SSSR count). The smallest absolute Gasteiger partial charge is 0.0587 e. The molecule has 0 aromatic heterocycles. The highest BCUT2D eigenvalue weighted by molar-refractivity contribution is 6.31. The molecule has 0 saturated heterocycles. The van der Waals surface area contributed by atoms with E-state index in [1.165, 1.54) is 18.5 Å². The summed E-state index contributed by atoms with van der Waals surface area (Å²) < 4.78 is 5.01. The van der Waals surface area contributed by atoms with Crippen molar-refractivity contribution in [1.29, 1.82) is 0 Å². The van der Waals surface area contributed by atoms with E-state index in [9.17, 15) is 0 Å². The van der Waals surface area contributed by atoms with Crippen molar-refractivity contribution in [2.75, 3.05) is 32.2 Å². The Balaban J connectivity index is 2.62. The van der Waals surface area contributed by atoms with E-state index in [0.29, 0.717) is 12.6 Å². The van der Waals surface area contributed by atoms with Gasteiger partial charge in [-0.3, -0.25) is 0 Å². The average molecular weight is 299 g/mol. The Kier molecular flexibility index (Phi) is 7.97. The fourth-order valence-electron chi connectivity index (χ4n) is 2.16. The van der Waals surface area contributed by atoms with E-state index in [1.807, 2.05) is 0 Å². The second-order valence-corrected chi connectivity index (χ2v) is 5.60. The number of nitrogens with one attached hydrogen (secondary N) is 1. The number of methoxy groups -OCH3 is 1. The van der Waals surface area contributed by atoms with E-state index in [4.69, 9.17) is 16.3 Å². The van der Waals surface area contributed by atoms with Gasteiger partial charge in [0, 0.05) is 44.0 Å². The van der Waals surface area contributed by atoms with Crippen molar-refractivity contribution in [2.45, 2.75) is 39.3 Å². The van der Waals surface area contributed by atoms with Crippen LogP contribution in [0.15, 0.2) is 18.2 Å². The highest BCUT2D eigenvalue weighted by Crippen LogP contribution is 2.25. The first-order chi connectivity index (χ1) is 9.60. The monoisotopic (exact) mass is 298 g/mol. The molecule has 1 N–H and O–H groups in total. The van der Waals surface area contributed by atoms with Crippen LogP contribution in [0.25, 0.3) is 0 Å². The summed E-state index contributed by atoms with van der Waals surface area (Å²) in [6.07, 6.45) is 2.38. The Bertz CT molecular complexity index is 398. The van der Waals surface area contributed by atoms with Crippen LogP contribution >= 0.6 is 11.6 Å². The fourth-order valence-corrected chi connectivity index (χ4v) is 2.40. The second-order valence-electron chi connectivity index (χ2n) is 5.19. The van der Waals surface area contributed by atoms with E-state index in [-0.39, 0.29) is 0 Å². The van der Waals surface area contributed by atoms with Crippen LogP contribution < -0.4 is 10.2 Å². The Morgan fingerprint density at radius 1 is 1.40 bits per heavy atom. The van der Waals surface area contributed by atoms with Gasteiger partial charge >= 0.3 is 0 Å². The van der Waals surface area contributed by atoms with Gasteiger partial charge in [-0.25, -0.2) is 0 Å². The highest BCUT2D eigenvalue weighted by atomic mass is 35.5. The van der Waals surface area contributed by atoms with Crippen molar-refractivity contribution in [3.05, 3.63) is 28.8 Å². The molecule has 0 fully saturated rings. The summed E-state index contributed by atoms with van der Waals surface area (Å²) in [7, 11) is 3.83. The van der Waals surface area contributed by atoms with Crippen LogP contribution in [0.2, 0.25) is 5.02 Å². The zero-order valence-corrected chi connectivity index (χ0v) is 13.8. The molecule has 0 aliphatic carbocycles. The van der Waals surface area contributed by atoms with Gasteiger partial charge < -0.3 is 15.0 Å². The van der Waals surface area contributed by atoms with Gasteiger partial charge in [0.15, 0.2) is 0 Å². The number of anilines is 1. The van der Waals surface area contributed by atoms with Gasteiger partial charge in [0.1, 0.15) is 0 Å². The summed E-state index contributed by atoms with van der Waals surface area (Å²) in [5.41, 5.74) is 2.31. The van der Waals surface area contributed by atoms with Gasteiger partial charge in [0.2, 0.25) is 0 Å². The number of nitrogens with zero attached hydrogens (tertiary/aromatic N) is 1. The lowest BCUT2D eigenvalue weighted by Crippen LogP contribution is -2.28. The van der Waals surface area contributed by atoms with E-state index >= 15 is 0 Å². The molecule has 20 heavy (non-hydrogen) atoms. The van der Waals surface area contributed by atoms with Gasteiger partial charge in [-0.15, -0.1) is 0 Å². The Labute approximate surface area is 128 Å².